The SMILES string of the molecule is CCCOC(=O)c1cnc2nc(OC)ccc2c1Cl. The molecule has 100 valence electrons. The topological polar surface area (TPSA) is 61.3 Å². The first-order valence-electron chi connectivity index (χ1n) is 5.83. The minimum atomic E-state index is -0.475. The summed E-state index contributed by atoms with van der Waals surface area (Å²) >= 11 is 6.19. The van der Waals surface area contributed by atoms with E-state index in [9.17, 15) is 4.79 Å². The fraction of sp³-hybridized carbons (Fsp3) is 0.308. The van der Waals surface area contributed by atoms with Crippen LogP contribution in [0, 0.1) is 0 Å². The molecule has 2 aromatic heterocycles. The second kappa shape index (κ2) is 5.84. The molecule has 0 amide bonds. The van der Waals surface area contributed by atoms with E-state index in [4.69, 9.17) is 21.1 Å². The summed E-state index contributed by atoms with van der Waals surface area (Å²) < 4.78 is 10.1. The van der Waals surface area contributed by atoms with Crippen LogP contribution in [-0.4, -0.2) is 29.7 Å². The fourth-order valence-electron chi connectivity index (χ4n) is 1.56. The van der Waals surface area contributed by atoms with Crippen molar-refractivity contribution in [1.29, 1.82) is 0 Å². The predicted octanol–water partition coefficient (Wildman–Crippen LogP) is 2.86. The third kappa shape index (κ3) is 2.76. The molecule has 0 aliphatic carbocycles. The molecule has 0 fully saturated rings. The summed E-state index contributed by atoms with van der Waals surface area (Å²) in [4.78, 5) is 20.1. The summed E-state index contributed by atoms with van der Waals surface area (Å²) in [6.45, 7) is 2.28. The quantitative estimate of drug-likeness (QED) is 0.806. The zero-order valence-electron chi connectivity index (χ0n) is 10.6. The Morgan fingerprint density at radius 1 is 1.42 bits per heavy atom. The van der Waals surface area contributed by atoms with Crippen LogP contribution in [0.25, 0.3) is 11.0 Å². The van der Waals surface area contributed by atoms with Gasteiger partial charge in [-0.05, 0) is 12.5 Å². The highest BCUT2D eigenvalue weighted by Crippen LogP contribution is 2.26. The van der Waals surface area contributed by atoms with E-state index in [1.165, 1.54) is 13.3 Å². The highest BCUT2D eigenvalue weighted by Gasteiger charge is 2.16. The summed E-state index contributed by atoms with van der Waals surface area (Å²) in [5.74, 6) is -0.0329. The van der Waals surface area contributed by atoms with Gasteiger partial charge in [-0.1, -0.05) is 18.5 Å². The number of rotatable bonds is 4. The van der Waals surface area contributed by atoms with Crippen molar-refractivity contribution in [1.82, 2.24) is 9.97 Å². The molecule has 0 spiro atoms. The van der Waals surface area contributed by atoms with Gasteiger partial charge in [-0.2, -0.15) is 4.98 Å². The number of pyridine rings is 2. The third-order valence-electron chi connectivity index (χ3n) is 2.50. The van der Waals surface area contributed by atoms with Gasteiger partial charge < -0.3 is 9.47 Å². The van der Waals surface area contributed by atoms with E-state index in [0.29, 0.717) is 28.5 Å². The maximum Gasteiger partial charge on any atom is 0.341 e. The lowest BCUT2D eigenvalue weighted by Crippen LogP contribution is -2.07. The number of methoxy groups -OCH3 is 1. The number of carbonyl (C=O) groups excluding carboxylic acids is 1. The van der Waals surface area contributed by atoms with Gasteiger partial charge in [0.1, 0.15) is 0 Å². The van der Waals surface area contributed by atoms with Crippen molar-refractivity contribution in [3.63, 3.8) is 0 Å². The van der Waals surface area contributed by atoms with Crippen molar-refractivity contribution < 1.29 is 14.3 Å². The van der Waals surface area contributed by atoms with Gasteiger partial charge in [0.2, 0.25) is 5.88 Å². The molecule has 6 heteroatoms. The number of aromatic nitrogens is 2. The number of nitrogens with zero attached hydrogens (tertiary/aromatic N) is 2. The van der Waals surface area contributed by atoms with Crippen LogP contribution >= 0.6 is 11.6 Å². The number of carbonyl (C=O) groups is 1. The number of hydrogen-bond donors (Lipinski definition) is 0. The largest absolute Gasteiger partial charge is 0.481 e. The number of hydrogen-bond acceptors (Lipinski definition) is 5. The van der Waals surface area contributed by atoms with Gasteiger partial charge >= 0.3 is 5.97 Å². The Morgan fingerprint density at radius 2 is 2.21 bits per heavy atom. The van der Waals surface area contributed by atoms with E-state index >= 15 is 0 Å². The molecule has 0 radical (unpaired) electrons. The van der Waals surface area contributed by atoms with Gasteiger partial charge in [-0.3, -0.25) is 0 Å². The molecule has 2 aromatic rings. The highest BCUT2D eigenvalue weighted by molar-refractivity contribution is 6.38. The lowest BCUT2D eigenvalue weighted by molar-refractivity contribution is 0.0505. The summed E-state index contributed by atoms with van der Waals surface area (Å²) in [7, 11) is 1.52. The summed E-state index contributed by atoms with van der Waals surface area (Å²) in [6, 6.07) is 3.38. The average molecular weight is 281 g/mol. The number of halogens is 1. The minimum absolute atomic E-state index is 0.245. The number of fused-ring (bicyclic) bond motifs is 1. The Balaban J connectivity index is 2.43. The lowest BCUT2D eigenvalue weighted by atomic mass is 10.2. The van der Waals surface area contributed by atoms with Gasteiger partial charge in [-0.25, -0.2) is 9.78 Å². The number of ether oxygens (including phenoxy) is 2. The van der Waals surface area contributed by atoms with Crippen LogP contribution in [0.5, 0.6) is 5.88 Å². The van der Waals surface area contributed by atoms with Crippen molar-refractivity contribution in [2.75, 3.05) is 13.7 Å². The molecule has 2 heterocycles. The molecule has 5 nitrogen and oxygen atoms in total. The van der Waals surface area contributed by atoms with Crippen LogP contribution in [0.3, 0.4) is 0 Å². The first kappa shape index (κ1) is 13.5. The van der Waals surface area contributed by atoms with E-state index in [1.54, 1.807) is 12.1 Å². The Labute approximate surface area is 115 Å². The van der Waals surface area contributed by atoms with Crippen molar-refractivity contribution in [2.45, 2.75) is 13.3 Å². The normalized spacial score (nSPS) is 10.5. The van der Waals surface area contributed by atoms with Gasteiger partial charge in [0.05, 0.1) is 24.3 Å². The Hall–Kier alpha value is -1.88. The van der Waals surface area contributed by atoms with E-state index in [2.05, 4.69) is 9.97 Å². The van der Waals surface area contributed by atoms with Crippen molar-refractivity contribution in [2.24, 2.45) is 0 Å². The molecule has 0 N–H and O–H groups in total. The van der Waals surface area contributed by atoms with Gasteiger partial charge in [0.15, 0.2) is 5.65 Å². The van der Waals surface area contributed by atoms with E-state index in [0.717, 1.165) is 6.42 Å². The second-order valence-corrected chi connectivity index (χ2v) is 4.22. The van der Waals surface area contributed by atoms with Gasteiger partial charge in [-0.15, -0.1) is 0 Å². The molecule has 0 aliphatic heterocycles. The van der Waals surface area contributed by atoms with Gasteiger partial charge in [0, 0.05) is 17.6 Å². The standard InChI is InChI=1S/C13H13ClN2O3/c1-3-6-19-13(17)9-7-15-12-8(11(9)14)4-5-10(16-12)18-2/h4-5,7H,3,6H2,1-2H3. The molecule has 0 saturated carbocycles. The molecule has 0 saturated heterocycles. The molecule has 0 aromatic carbocycles. The molecule has 0 aliphatic rings. The predicted molar refractivity (Wildman–Crippen MR) is 71.7 cm³/mol. The smallest absolute Gasteiger partial charge is 0.341 e. The minimum Gasteiger partial charge on any atom is -0.481 e. The van der Waals surface area contributed by atoms with E-state index < -0.39 is 5.97 Å². The highest BCUT2D eigenvalue weighted by atomic mass is 35.5. The zero-order valence-corrected chi connectivity index (χ0v) is 11.4. The van der Waals surface area contributed by atoms with Crippen LogP contribution in [-0.2, 0) is 4.74 Å². The molecule has 2 rings (SSSR count). The van der Waals surface area contributed by atoms with Crippen molar-refractivity contribution in [3.8, 4) is 5.88 Å². The zero-order chi connectivity index (χ0) is 13.8. The van der Waals surface area contributed by atoms with Gasteiger partial charge in [0.25, 0.3) is 0 Å². The molecule has 19 heavy (non-hydrogen) atoms. The van der Waals surface area contributed by atoms with Crippen molar-refractivity contribution in [3.05, 3.63) is 28.9 Å². The summed E-state index contributed by atoms with van der Waals surface area (Å²) in [5.41, 5.74) is 0.672. The van der Waals surface area contributed by atoms with Crippen LogP contribution in [0.2, 0.25) is 5.02 Å². The maximum absolute atomic E-state index is 11.8. The third-order valence-corrected chi connectivity index (χ3v) is 2.91. The summed E-state index contributed by atoms with van der Waals surface area (Å²) in [6.07, 6.45) is 2.12. The number of esters is 1. The molecular weight excluding hydrogens is 268 g/mol. The lowest BCUT2D eigenvalue weighted by Gasteiger charge is -2.07. The van der Waals surface area contributed by atoms with E-state index in [1.807, 2.05) is 6.92 Å². The van der Waals surface area contributed by atoms with Crippen LogP contribution < -0.4 is 4.74 Å². The Kier molecular flexibility index (Phi) is 4.16. The Bertz CT molecular complexity index is 616. The monoisotopic (exact) mass is 280 g/mol. The molecule has 0 unspecified atom stereocenters. The maximum atomic E-state index is 11.8. The van der Waals surface area contributed by atoms with Crippen LogP contribution in [0.15, 0.2) is 18.3 Å². The molecular formula is C13H13ClN2O3. The van der Waals surface area contributed by atoms with E-state index in [-0.39, 0.29) is 5.56 Å². The molecule has 0 bridgehead atoms. The fourth-order valence-corrected chi connectivity index (χ4v) is 1.83. The Morgan fingerprint density at radius 3 is 2.89 bits per heavy atom. The van der Waals surface area contributed by atoms with Crippen molar-refractivity contribution >= 4 is 28.6 Å². The van der Waals surface area contributed by atoms with Crippen LogP contribution in [0.4, 0.5) is 0 Å². The first-order valence-corrected chi connectivity index (χ1v) is 6.21. The first-order chi connectivity index (χ1) is 9.17. The summed E-state index contributed by atoms with van der Waals surface area (Å²) in [5, 5.41) is 0.884. The van der Waals surface area contributed by atoms with Crippen LogP contribution in [0.1, 0.15) is 23.7 Å². The molecule has 0 atom stereocenters. The average Bonchev–Trinajstić information content (AvgIpc) is 2.44. The second-order valence-electron chi connectivity index (χ2n) is 3.85.